The molecule has 102 valence electrons. The van der Waals surface area contributed by atoms with Crippen molar-refractivity contribution in [3.8, 4) is 0 Å². The Morgan fingerprint density at radius 2 is 1.88 bits per heavy atom. The van der Waals surface area contributed by atoms with Crippen molar-refractivity contribution in [2.45, 2.75) is 65.8 Å². The molecule has 0 aromatic carbocycles. The number of hydrogen-bond donors (Lipinski definition) is 2. The molecule has 2 nitrogen and oxygen atoms in total. The normalized spacial score (nSPS) is 28.1. The maximum Gasteiger partial charge on any atom is 0.0589 e. The summed E-state index contributed by atoms with van der Waals surface area (Å²) in [4.78, 5) is 0. The van der Waals surface area contributed by atoms with Crippen LogP contribution in [0.5, 0.6) is 0 Å². The highest BCUT2D eigenvalue weighted by molar-refractivity contribution is 4.82. The fourth-order valence-corrected chi connectivity index (χ4v) is 2.91. The molecule has 17 heavy (non-hydrogen) atoms. The quantitative estimate of drug-likeness (QED) is 0.775. The highest BCUT2D eigenvalue weighted by atomic mass is 16.3. The van der Waals surface area contributed by atoms with Crippen molar-refractivity contribution in [3.05, 3.63) is 0 Å². The van der Waals surface area contributed by atoms with Crippen molar-refractivity contribution in [1.29, 1.82) is 0 Å². The molecule has 0 aliphatic heterocycles. The van der Waals surface area contributed by atoms with Gasteiger partial charge < -0.3 is 10.4 Å². The molecule has 1 fully saturated rings. The van der Waals surface area contributed by atoms with Crippen molar-refractivity contribution in [3.63, 3.8) is 0 Å². The Hall–Kier alpha value is -0.0800. The van der Waals surface area contributed by atoms with E-state index in [-0.39, 0.29) is 18.1 Å². The summed E-state index contributed by atoms with van der Waals surface area (Å²) in [5.41, 5.74) is 0.146. The van der Waals surface area contributed by atoms with E-state index in [1.807, 2.05) is 0 Å². The van der Waals surface area contributed by atoms with E-state index in [9.17, 15) is 5.11 Å². The molecular formula is C15H31NO. The summed E-state index contributed by atoms with van der Waals surface area (Å²) < 4.78 is 0. The smallest absolute Gasteiger partial charge is 0.0589 e. The number of aliphatic hydroxyl groups is 1. The lowest BCUT2D eigenvalue weighted by Crippen LogP contribution is -2.45. The molecule has 1 aliphatic rings. The Bertz CT molecular complexity index is 209. The highest BCUT2D eigenvalue weighted by Crippen LogP contribution is 2.31. The molecule has 0 heterocycles. The van der Waals surface area contributed by atoms with E-state index < -0.39 is 0 Å². The van der Waals surface area contributed by atoms with Gasteiger partial charge in [-0.05, 0) is 36.6 Å². The average Bonchev–Trinajstić information content (AvgIpc) is 2.28. The zero-order valence-corrected chi connectivity index (χ0v) is 12.1. The molecule has 0 aromatic heterocycles. The van der Waals surface area contributed by atoms with Gasteiger partial charge in [0.05, 0.1) is 6.61 Å². The zero-order valence-electron chi connectivity index (χ0n) is 12.1. The Morgan fingerprint density at radius 1 is 1.24 bits per heavy atom. The summed E-state index contributed by atoms with van der Waals surface area (Å²) in [5, 5.41) is 13.0. The number of rotatable bonds is 5. The summed E-state index contributed by atoms with van der Waals surface area (Å²) in [6, 6.07) is 0.226. The molecule has 0 saturated heterocycles. The standard InChI is InChI=1S/C15H31NO/c1-5-12-7-6-8-13(9-12)10-16-14(11-17)15(2,3)4/h12-14,16-17H,5-11H2,1-4H3/t12?,13?,14-/m1/s1. The van der Waals surface area contributed by atoms with Gasteiger partial charge in [-0.15, -0.1) is 0 Å². The lowest BCUT2D eigenvalue weighted by atomic mass is 9.79. The van der Waals surface area contributed by atoms with Gasteiger partial charge in [-0.1, -0.05) is 47.0 Å². The third kappa shape index (κ3) is 4.97. The van der Waals surface area contributed by atoms with E-state index in [2.05, 4.69) is 33.0 Å². The Balaban J connectivity index is 2.34. The maximum atomic E-state index is 9.43. The van der Waals surface area contributed by atoms with Gasteiger partial charge in [-0.25, -0.2) is 0 Å². The summed E-state index contributed by atoms with van der Waals surface area (Å²) in [5.74, 6) is 1.77. The van der Waals surface area contributed by atoms with E-state index in [4.69, 9.17) is 0 Å². The molecule has 1 rings (SSSR count). The van der Waals surface area contributed by atoms with E-state index in [1.165, 1.54) is 32.1 Å². The predicted molar refractivity (Wildman–Crippen MR) is 74.1 cm³/mol. The molecule has 1 saturated carbocycles. The molecule has 2 heteroatoms. The van der Waals surface area contributed by atoms with Crippen LogP contribution in [0, 0.1) is 17.3 Å². The monoisotopic (exact) mass is 241 g/mol. The van der Waals surface area contributed by atoms with Gasteiger partial charge in [-0.3, -0.25) is 0 Å². The van der Waals surface area contributed by atoms with Crippen molar-refractivity contribution in [1.82, 2.24) is 5.32 Å². The summed E-state index contributed by atoms with van der Waals surface area (Å²) in [7, 11) is 0. The fraction of sp³-hybridized carbons (Fsp3) is 1.00. The van der Waals surface area contributed by atoms with Crippen LogP contribution in [0.1, 0.15) is 59.8 Å². The van der Waals surface area contributed by atoms with Gasteiger partial charge in [0.2, 0.25) is 0 Å². The van der Waals surface area contributed by atoms with Crippen molar-refractivity contribution >= 4 is 0 Å². The van der Waals surface area contributed by atoms with Gasteiger partial charge >= 0.3 is 0 Å². The first-order valence-corrected chi connectivity index (χ1v) is 7.31. The molecule has 0 bridgehead atoms. The molecule has 0 radical (unpaired) electrons. The van der Waals surface area contributed by atoms with Crippen LogP contribution >= 0.6 is 0 Å². The van der Waals surface area contributed by atoms with Crippen molar-refractivity contribution in [2.75, 3.05) is 13.2 Å². The van der Waals surface area contributed by atoms with E-state index >= 15 is 0 Å². The largest absolute Gasteiger partial charge is 0.395 e. The Labute approximate surface area is 107 Å². The van der Waals surface area contributed by atoms with Crippen LogP contribution in [0.4, 0.5) is 0 Å². The minimum atomic E-state index is 0.146. The highest BCUT2D eigenvalue weighted by Gasteiger charge is 2.26. The zero-order chi connectivity index (χ0) is 12.9. The van der Waals surface area contributed by atoms with Crippen molar-refractivity contribution in [2.24, 2.45) is 17.3 Å². The molecule has 0 spiro atoms. The van der Waals surface area contributed by atoms with Crippen LogP contribution in [0.2, 0.25) is 0 Å². The molecule has 2 N–H and O–H groups in total. The first kappa shape index (κ1) is 15.0. The van der Waals surface area contributed by atoms with Crippen LogP contribution < -0.4 is 5.32 Å². The average molecular weight is 241 g/mol. The summed E-state index contributed by atoms with van der Waals surface area (Å²) in [6.45, 7) is 10.2. The Kier molecular flexibility index (Phi) is 5.94. The maximum absolute atomic E-state index is 9.43. The van der Waals surface area contributed by atoms with Gasteiger partial charge in [0.15, 0.2) is 0 Å². The number of nitrogens with one attached hydrogen (secondary N) is 1. The second-order valence-corrected chi connectivity index (χ2v) is 6.82. The molecular weight excluding hydrogens is 210 g/mol. The minimum absolute atomic E-state index is 0.146. The third-order valence-corrected chi connectivity index (χ3v) is 4.35. The second kappa shape index (κ2) is 6.75. The first-order valence-electron chi connectivity index (χ1n) is 7.31. The van der Waals surface area contributed by atoms with Crippen LogP contribution in [0.25, 0.3) is 0 Å². The van der Waals surface area contributed by atoms with Crippen LogP contribution in [0.3, 0.4) is 0 Å². The van der Waals surface area contributed by atoms with Crippen LogP contribution in [0.15, 0.2) is 0 Å². The van der Waals surface area contributed by atoms with Gasteiger partial charge in [0.25, 0.3) is 0 Å². The molecule has 1 aliphatic carbocycles. The minimum Gasteiger partial charge on any atom is -0.395 e. The number of aliphatic hydroxyl groups excluding tert-OH is 1. The number of hydrogen-bond acceptors (Lipinski definition) is 2. The second-order valence-electron chi connectivity index (χ2n) is 6.82. The van der Waals surface area contributed by atoms with E-state index in [0.29, 0.717) is 0 Å². The van der Waals surface area contributed by atoms with Crippen LogP contribution in [-0.4, -0.2) is 24.3 Å². The van der Waals surface area contributed by atoms with Gasteiger partial charge in [0, 0.05) is 6.04 Å². The molecule has 0 aromatic rings. The Morgan fingerprint density at radius 3 is 2.41 bits per heavy atom. The lowest BCUT2D eigenvalue weighted by Gasteiger charge is -2.34. The topological polar surface area (TPSA) is 32.3 Å². The fourth-order valence-electron chi connectivity index (χ4n) is 2.91. The SMILES string of the molecule is CCC1CCCC(CN[C@H](CO)C(C)(C)C)C1. The molecule has 2 unspecified atom stereocenters. The predicted octanol–water partition coefficient (Wildman–Crippen LogP) is 3.20. The lowest BCUT2D eigenvalue weighted by molar-refractivity contribution is 0.146. The van der Waals surface area contributed by atoms with Crippen LogP contribution in [-0.2, 0) is 0 Å². The third-order valence-electron chi connectivity index (χ3n) is 4.35. The summed E-state index contributed by atoms with van der Waals surface area (Å²) in [6.07, 6.45) is 6.90. The van der Waals surface area contributed by atoms with Gasteiger partial charge in [-0.2, -0.15) is 0 Å². The summed E-state index contributed by atoms with van der Waals surface area (Å²) >= 11 is 0. The molecule has 3 atom stereocenters. The first-order chi connectivity index (χ1) is 7.97. The van der Waals surface area contributed by atoms with Crippen molar-refractivity contribution < 1.29 is 5.11 Å². The van der Waals surface area contributed by atoms with E-state index in [1.54, 1.807) is 0 Å². The van der Waals surface area contributed by atoms with E-state index in [0.717, 1.165) is 18.4 Å². The van der Waals surface area contributed by atoms with Gasteiger partial charge in [0.1, 0.15) is 0 Å². The molecule has 0 amide bonds.